The molecule has 1 aromatic carbocycles. The number of aromatic hydroxyl groups is 1. The van der Waals surface area contributed by atoms with E-state index in [1.54, 1.807) is 13.2 Å². The van der Waals surface area contributed by atoms with Crippen molar-refractivity contribution < 1.29 is 9.84 Å². The van der Waals surface area contributed by atoms with Crippen LogP contribution in [0.2, 0.25) is 0 Å². The molecule has 0 bridgehead atoms. The van der Waals surface area contributed by atoms with Crippen molar-refractivity contribution in [3.05, 3.63) is 23.3 Å². The maximum atomic E-state index is 9.70. The Bertz CT molecular complexity index is 350. The molecule has 1 atom stereocenters. The van der Waals surface area contributed by atoms with Crippen LogP contribution in [-0.4, -0.2) is 25.3 Å². The van der Waals surface area contributed by atoms with Crippen molar-refractivity contribution >= 4 is 0 Å². The smallest absolute Gasteiger partial charge is 0.160 e. The highest BCUT2D eigenvalue weighted by Gasteiger charge is 2.08. The van der Waals surface area contributed by atoms with E-state index >= 15 is 0 Å². The van der Waals surface area contributed by atoms with Gasteiger partial charge in [0.2, 0.25) is 0 Å². The van der Waals surface area contributed by atoms with Crippen molar-refractivity contribution in [3.63, 3.8) is 0 Å². The topological polar surface area (TPSA) is 41.5 Å². The average Bonchev–Trinajstić information content (AvgIpc) is 2.29. The van der Waals surface area contributed by atoms with E-state index in [0.717, 1.165) is 18.4 Å². The fraction of sp³-hybridized carbons (Fsp3) is 0.538. The quantitative estimate of drug-likeness (QED) is 0.804. The Kier molecular flexibility index (Phi) is 4.62. The van der Waals surface area contributed by atoms with Crippen LogP contribution in [0.4, 0.5) is 0 Å². The summed E-state index contributed by atoms with van der Waals surface area (Å²) in [7, 11) is 3.53. The number of methoxy groups -OCH3 is 1. The molecule has 3 heteroatoms. The summed E-state index contributed by atoms with van der Waals surface area (Å²) in [6.45, 7) is 4.19. The van der Waals surface area contributed by atoms with Crippen LogP contribution >= 0.6 is 0 Å². The molecular weight excluding hydrogens is 202 g/mol. The van der Waals surface area contributed by atoms with Gasteiger partial charge >= 0.3 is 0 Å². The Hall–Kier alpha value is -1.22. The van der Waals surface area contributed by atoms with E-state index in [4.69, 9.17) is 4.74 Å². The average molecular weight is 223 g/mol. The zero-order valence-corrected chi connectivity index (χ0v) is 10.5. The zero-order chi connectivity index (χ0) is 12.1. The van der Waals surface area contributed by atoms with E-state index in [-0.39, 0.29) is 5.75 Å². The van der Waals surface area contributed by atoms with Gasteiger partial charge in [-0.2, -0.15) is 0 Å². The Morgan fingerprint density at radius 1 is 1.44 bits per heavy atom. The van der Waals surface area contributed by atoms with E-state index in [1.807, 2.05) is 20.0 Å². The van der Waals surface area contributed by atoms with Crippen molar-refractivity contribution in [2.45, 2.75) is 32.7 Å². The van der Waals surface area contributed by atoms with Crippen LogP contribution in [0.3, 0.4) is 0 Å². The predicted octanol–water partition coefficient (Wildman–Crippen LogP) is 2.25. The number of hydrogen-bond acceptors (Lipinski definition) is 3. The minimum atomic E-state index is 0.222. The van der Waals surface area contributed by atoms with Crippen LogP contribution in [0.25, 0.3) is 0 Å². The summed E-state index contributed by atoms with van der Waals surface area (Å²) in [6.07, 6.45) is 2.02. The molecule has 0 radical (unpaired) electrons. The highest BCUT2D eigenvalue weighted by Crippen LogP contribution is 2.29. The number of hydrogen-bond donors (Lipinski definition) is 2. The van der Waals surface area contributed by atoms with Gasteiger partial charge in [-0.15, -0.1) is 0 Å². The molecule has 0 heterocycles. The maximum Gasteiger partial charge on any atom is 0.160 e. The second-order valence-electron chi connectivity index (χ2n) is 4.18. The van der Waals surface area contributed by atoms with Crippen LogP contribution in [0, 0.1) is 6.92 Å². The maximum absolute atomic E-state index is 9.70. The first-order valence-corrected chi connectivity index (χ1v) is 5.62. The SMILES string of the molecule is CNC(C)CCc1cc(O)c(OC)cc1C. The first kappa shape index (κ1) is 12.8. The lowest BCUT2D eigenvalue weighted by atomic mass is 10.0. The van der Waals surface area contributed by atoms with Crippen LogP contribution < -0.4 is 10.1 Å². The van der Waals surface area contributed by atoms with Gasteiger partial charge in [0.1, 0.15) is 0 Å². The highest BCUT2D eigenvalue weighted by atomic mass is 16.5. The Morgan fingerprint density at radius 3 is 2.69 bits per heavy atom. The summed E-state index contributed by atoms with van der Waals surface area (Å²) in [5.74, 6) is 0.767. The summed E-state index contributed by atoms with van der Waals surface area (Å²) in [4.78, 5) is 0. The lowest BCUT2D eigenvalue weighted by Crippen LogP contribution is -2.21. The van der Waals surface area contributed by atoms with Gasteiger partial charge in [-0.05, 0) is 57.0 Å². The van der Waals surface area contributed by atoms with E-state index in [0.29, 0.717) is 11.8 Å². The molecule has 0 aromatic heterocycles. The van der Waals surface area contributed by atoms with Gasteiger partial charge in [-0.3, -0.25) is 0 Å². The minimum Gasteiger partial charge on any atom is -0.504 e. The van der Waals surface area contributed by atoms with Gasteiger partial charge in [0.15, 0.2) is 11.5 Å². The van der Waals surface area contributed by atoms with Crippen molar-refractivity contribution in [2.24, 2.45) is 0 Å². The predicted molar refractivity (Wildman–Crippen MR) is 66.2 cm³/mol. The molecule has 0 saturated heterocycles. The number of aryl methyl sites for hydroxylation is 2. The standard InChI is InChI=1S/C13H21NO2/c1-9-7-13(16-4)12(15)8-11(9)6-5-10(2)14-3/h7-8,10,14-15H,5-6H2,1-4H3. The summed E-state index contributed by atoms with van der Waals surface area (Å²) in [5.41, 5.74) is 2.35. The Balaban J connectivity index is 2.77. The summed E-state index contributed by atoms with van der Waals surface area (Å²) < 4.78 is 5.07. The highest BCUT2D eigenvalue weighted by molar-refractivity contribution is 5.46. The number of nitrogens with one attached hydrogen (secondary N) is 1. The summed E-state index contributed by atoms with van der Waals surface area (Å²) in [5, 5.41) is 12.9. The molecule has 0 aliphatic carbocycles. The molecule has 0 aliphatic heterocycles. The molecule has 16 heavy (non-hydrogen) atoms. The monoisotopic (exact) mass is 223 g/mol. The lowest BCUT2D eigenvalue weighted by molar-refractivity contribution is 0.372. The normalized spacial score (nSPS) is 12.5. The second-order valence-corrected chi connectivity index (χ2v) is 4.18. The van der Waals surface area contributed by atoms with Gasteiger partial charge in [-0.1, -0.05) is 0 Å². The first-order chi connectivity index (χ1) is 7.58. The molecule has 2 N–H and O–H groups in total. The van der Waals surface area contributed by atoms with Crippen molar-refractivity contribution in [2.75, 3.05) is 14.2 Å². The van der Waals surface area contributed by atoms with E-state index in [1.165, 1.54) is 5.56 Å². The third-order valence-corrected chi connectivity index (χ3v) is 2.98. The van der Waals surface area contributed by atoms with Crippen molar-refractivity contribution in [1.29, 1.82) is 0 Å². The number of phenolic OH excluding ortho intramolecular Hbond substituents is 1. The fourth-order valence-electron chi connectivity index (χ4n) is 1.66. The van der Waals surface area contributed by atoms with Crippen LogP contribution in [0.15, 0.2) is 12.1 Å². The lowest BCUT2D eigenvalue weighted by Gasteiger charge is -2.13. The zero-order valence-electron chi connectivity index (χ0n) is 10.5. The fourth-order valence-corrected chi connectivity index (χ4v) is 1.66. The molecule has 0 aliphatic rings. The Morgan fingerprint density at radius 2 is 2.12 bits per heavy atom. The van der Waals surface area contributed by atoms with Gasteiger partial charge < -0.3 is 15.2 Å². The van der Waals surface area contributed by atoms with Gasteiger partial charge in [0.25, 0.3) is 0 Å². The largest absolute Gasteiger partial charge is 0.504 e. The van der Waals surface area contributed by atoms with E-state index in [2.05, 4.69) is 12.2 Å². The van der Waals surface area contributed by atoms with E-state index in [9.17, 15) is 5.11 Å². The second kappa shape index (κ2) is 5.75. The number of benzene rings is 1. The number of rotatable bonds is 5. The molecule has 0 spiro atoms. The molecule has 1 unspecified atom stereocenters. The van der Waals surface area contributed by atoms with E-state index < -0.39 is 0 Å². The van der Waals surface area contributed by atoms with Gasteiger partial charge in [0.05, 0.1) is 7.11 Å². The first-order valence-electron chi connectivity index (χ1n) is 5.62. The van der Waals surface area contributed by atoms with Crippen molar-refractivity contribution in [1.82, 2.24) is 5.32 Å². The van der Waals surface area contributed by atoms with Gasteiger partial charge in [-0.25, -0.2) is 0 Å². The number of phenols is 1. The third-order valence-electron chi connectivity index (χ3n) is 2.98. The molecule has 0 saturated carbocycles. The minimum absolute atomic E-state index is 0.222. The molecular formula is C13H21NO2. The third kappa shape index (κ3) is 3.14. The molecule has 1 rings (SSSR count). The summed E-state index contributed by atoms with van der Waals surface area (Å²) in [6, 6.07) is 4.18. The molecule has 1 aromatic rings. The van der Waals surface area contributed by atoms with Crippen LogP contribution in [-0.2, 0) is 6.42 Å². The molecule has 3 nitrogen and oxygen atoms in total. The van der Waals surface area contributed by atoms with Crippen molar-refractivity contribution in [3.8, 4) is 11.5 Å². The molecule has 90 valence electrons. The van der Waals surface area contributed by atoms with Crippen LogP contribution in [0.5, 0.6) is 11.5 Å². The molecule has 0 amide bonds. The molecule has 0 fully saturated rings. The summed E-state index contributed by atoms with van der Waals surface area (Å²) >= 11 is 0. The van der Waals surface area contributed by atoms with Crippen LogP contribution in [0.1, 0.15) is 24.5 Å². The van der Waals surface area contributed by atoms with Gasteiger partial charge in [0, 0.05) is 6.04 Å². The Labute approximate surface area is 97.4 Å². The number of ether oxygens (including phenoxy) is 1.